The van der Waals surface area contributed by atoms with Crippen molar-refractivity contribution < 1.29 is 9.53 Å². The molecule has 0 spiro atoms. The number of ether oxygens (including phenoxy) is 1. The van der Waals surface area contributed by atoms with Crippen molar-refractivity contribution in [3.05, 3.63) is 47.1 Å². The molecule has 0 atom stereocenters. The quantitative estimate of drug-likeness (QED) is 0.419. The summed E-state index contributed by atoms with van der Waals surface area (Å²) in [7, 11) is 1.54. The minimum Gasteiger partial charge on any atom is -0.494 e. The topological polar surface area (TPSA) is 106 Å². The Kier molecular flexibility index (Phi) is 5.77. The molecular weight excluding hydrogens is 462 g/mol. The number of methoxy groups -OCH3 is 1. The Balaban J connectivity index is 1.47. The lowest BCUT2D eigenvalue weighted by Gasteiger charge is -2.14. The Morgan fingerprint density at radius 3 is 2.70 bits per heavy atom. The first-order valence-corrected chi connectivity index (χ1v) is 11.6. The van der Waals surface area contributed by atoms with Crippen LogP contribution in [0.3, 0.4) is 0 Å². The second-order valence-electron chi connectivity index (χ2n) is 7.60. The fourth-order valence-electron chi connectivity index (χ4n) is 3.78. The minimum atomic E-state index is -0.355. The molecule has 1 aliphatic rings. The van der Waals surface area contributed by atoms with Crippen LogP contribution >= 0.6 is 22.9 Å². The number of amides is 1. The van der Waals surface area contributed by atoms with Gasteiger partial charge in [0.05, 0.1) is 25.1 Å². The summed E-state index contributed by atoms with van der Waals surface area (Å²) in [5.74, 6) is 0.987. The van der Waals surface area contributed by atoms with Crippen molar-refractivity contribution in [2.24, 2.45) is 0 Å². The van der Waals surface area contributed by atoms with Crippen molar-refractivity contribution in [3.63, 3.8) is 0 Å². The molecule has 0 aliphatic carbocycles. The lowest BCUT2D eigenvalue weighted by molar-refractivity contribution is 0.102. The minimum absolute atomic E-state index is 0.295. The molecule has 0 bridgehead atoms. The molecule has 1 saturated heterocycles. The summed E-state index contributed by atoms with van der Waals surface area (Å²) in [5, 5.41) is 3.58. The zero-order valence-corrected chi connectivity index (χ0v) is 19.6. The highest BCUT2D eigenvalue weighted by atomic mass is 35.5. The normalized spacial score (nSPS) is 13.5. The van der Waals surface area contributed by atoms with Gasteiger partial charge in [-0.3, -0.25) is 15.1 Å². The number of anilines is 2. The van der Waals surface area contributed by atoms with Gasteiger partial charge in [-0.15, -0.1) is 0 Å². The summed E-state index contributed by atoms with van der Waals surface area (Å²) in [6.45, 7) is 3.81. The van der Waals surface area contributed by atoms with Gasteiger partial charge in [-0.1, -0.05) is 22.9 Å². The van der Waals surface area contributed by atoms with Gasteiger partial charge in [-0.25, -0.2) is 15.0 Å². The summed E-state index contributed by atoms with van der Waals surface area (Å²) in [6, 6.07) is 3.48. The first-order valence-electron chi connectivity index (χ1n) is 10.4. The van der Waals surface area contributed by atoms with Gasteiger partial charge in [0.25, 0.3) is 5.91 Å². The largest absolute Gasteiger partial charge is 0.494 e. The summed E-state index contributed by atoms with van der Waals surface area (Å²) in [5.41, 5.74) is 2.90. The summed E-state index contributed by atoms with van der Waals surface area (Å²) >= 11 is 7.41. The van der Waals surface area contributed by atoms with E-state index in [1.807, 2.05) is 13.0 Å². The number of nitrogens with zero attached hydrogens (tertiary/aromatic N) is 6. The third-order valence-corrected chi connectivity index (χ3v) is 6.45. The van der Waals surface area contributed by atoms with Crippen LogP contribution in [0.1, 0.15) is 28.9 Å². The van der Waals surface area contributed by atoms with Crippen LogP contribution in [-0.2, 0) is 0 Å². The number of aryl methyl sites for hydroxylation is 1. The zero-order chi connectivity index (χ0) is 22.9. The maximum absolute atomic E-state index is 13.2. The maximum Gasteiger partial charge on any atom is 0.259 e. The molecule has 1 fully saturated rings. The maximum atomic E-state index is 13.2. The fraction of sp³-hybridized carbons (Fsp3) is 0.273. The number of hydrogen-bond acceptors (Lipinski definition) is 9. The molecule has 33 heavy (non-hydrogen) atoms. The molecule has 11 heteroatoms. The van der Waals surface area contributed by atoms with Crippen molar-refractivity contribution in [2.45, 2.75) is 19.8 Å². The van der Waals surface area contributed by atoms with Crippen LogP contribution in [0.4, 0.5) is 10.9 Å². The first-order chi connectivity index (χ1) is 16.0. The number of hydrogen-bond donors (Lipinski definition) is 1. The Morgan fingerprint density at radius 1 is 1.09 bits per heavy atom. The third kappa shape index (κ3) is 4.31. The fourth-order valence-corrected chi connectivity index (χ4v) is 4.73. The number of carbonyl (C=O) groups is 1. The molecule has 1 amide bonds. The van der Waals surface area contributed by atoms with Gasteiger partial charge in [0.2, 0.25) is 0 Å². The molecule has 0 aromatic carbocycles. The van der Waals surface area contributed by atoms with E-state index in [1.54, 1.807) is 19.4 Å². The molecular formula is C22H20ClN7O2S. The van der Waals surface area contributed by atoms with E-state index in [9.17, 15) is 4.79 Å². The van der Waals surface area contributed by atoms with Crippen molar-refractivity contribution >= 4 is 50.3 Å². The SMILES string of the molecule is COc1cnc(Cl)cc1-c1cc(C)ncc1C(=O)Nc1nc2ncc(N3CCCC3)nc2s1. The average molecular weight is 482 g/mol. The molecule has 1 N–H and O–H groups in total. The lowest BCUT2D eigenvalue weighted by Crippen LogP contribution is -2.18. The predicted molar refractivity (Wildman–Crippen MR) is 128 cm³/mol. The molecule has 0 unspecified atom stereocenters. The number of pyridine rings is 2. The van der Waals surface area contributed by atoms with Gasteiger partial charge < -0.3 is 9.64 Å². The number of thiazole rings is 1. The van der Waals surface area contributed by atoms with E-state index in [4.69, 9.17) is 16.3 Å². The van der Waals surface area contributed by atoms with Crippen LogP contribution in [0.25, 0.3) is 21.6 Å². The zero-order valence-electron chi connectivity index (χ0n) is 18.0. The molecule has 4 aromatic heterocycles. The number of fused-ring (bicyclic) bond motifs is 1. The molecule has 0 saturated carbocycles. The molecule has 5 rings (SSSR count). The van der Waals surface area contributed by atoms with Crippen LogP contribution in [-0.4, -0.2) is 51.0 Å². The molecule has 1 aliphatic heterocycles. The second kappa shape index (κ2) is 8.87. The van der Waals surface area contributed by atoms with E-state index in [-0.39, 0.29) is 5.91 Å². The number of rotatable bonds is 5. The standard InChI is InChI=1S/C22H20ClN7O2S/c1-12-7-13(14-8-17(23)25-10-16(14)32-2)15(9-24-12)20(31)29-22-28-19-21(33-22)27-18(11-26-19)30-5-3-4-6-30/h7-11H,3-6H2,1-2H3,(H,26,28,29,31). The molecule has 0 radical (unpaired) electrons. The van der Waals surface area contributed by atoms with E-state index >= 15 is 0 Å². The summed E-state index contributed by atoms with van der Waals surface area (Å²) in [6.07, 6.45) is 7.11. The van der Waals surface area contributed by atoms with Crippen molar-refractivity contribution in [1.82, 2.24) is 24.9 Å². The van der Waals surface area contributed by atoms with Crippen LogP contribution in [0.5, 0.6) is 5.75 Å². The summed E-state index contributed by atoms with van der Waals surface area (Å²) < 4.78 is 5.44. The van der Waals surface area contributed by atoms with E-state index in [2.05, 4.69) is 35.1 Å². The van der Waals surface area contributed by atoms with Crippen LogP contribution < -0.4 is 15.0 Å². The first kappa shape index (κ1) is 21.5. The van der Waals surface area contributed by atoms with Crippen molar-refractivity contribution in [3.8, 4) is 16.9 Å². The number of aromatic nitrogens is 5. The number of nitrogens with one attached hydrogen (secondary N) is 1. The van der Waals surface area contributed by atoms with Crippen LogP contribution in [0.2, 0.25) is 5.15 Å². The van der Waals surface area contributed by atoms with Gasteiger partial charge >= 0.3 is 0 Å². The monoisotopic (exact) mass is 481 g/mol. The molecule has 4 aromatic rings. The lowest BCUT2D eigenvalue weighted by atomic mass is 10.0. The molecule has 168 valence electrons. The van der Waals surface area contributed by atoms with Gasteiger partial charge in [0.15, 0.2) is 15.6 Å². The van der Waals surface area contributed by atoms with Gasteiger partial charge in [0.1, 0.15) is 16.7 Å². The molecule has 5 heterocycles. The van der Waals surface area contributed by atoms with E-state index in [0.29, 0.717) is 43.2 Å². The number of carbonyl (C=O) groups excluding carboxylic acids is 1. The average Bonchev–Trinajstić information content (AvgIpc) is 3.48. The van der Waals surface area contributed by atoms with Crippen LogP contribution in [0.15, 0.2) is 30.7 Å². The Bertz CT molecular complexity index is 1350. The Morgan fingerprint density at radius 2 is 1.91 bits per heavy atom. The van der Waals surface area contributed by atoms with Gasteiger partial charge in [0, 0.05) is 36.1 Å². The second-order valence-corrected chi connectivity index (χ2v) is 8.97. The van der Waals surface area contributed by atoms with Crippen LogP contribution in [0, 0.1) is 6.92 Å². The predicted octanol–water partition coefficient (Wildman–Crippen LogP) is 4.37. The summed E-state index contributed by atoms with van der Waals surface area (Å²) in [4.78, 5) is 38.0. The highest BCUT2D eigenvalue weighted by molar-refractivity contribution is 7.21. The van der Waals surface area contributed by atoms with Crippen molar-refractivity contribution in [1.29, 1.82) is 0 Å². The van der Waals surface area contributed by atoms with Crippen molar-refractivity contribution in [2.75, 3.05) is 30.4 Å². The smallest absolute Gasteiger partial charge is 0.259 e. The Labute approximate surface area is 198 Å². The highest BCUT2D eigenvalue weighted by Crippen LogP contribution is 2.34. The van der Waals surface area contributed by atoms with E-state index < -0.39 is 0 Å². The third-order valence-electron chi connectivity index (χ3n) is 5.39. The Hall–Kier alpha value is -3.37. The number of halogens is 1. The van der Waals surface area contributed by atoms with Gasteiger partial charge in [-0.05, 0) is 31.9 Å². The van der Waals surface area contributed by atoms with E-state index in [0.717, 1.165) is 37.4 Å². The van der Waals surface area contributed by atoms with E-state index in [1.165, 1.54) is 23.7 Å². The highest BCUT2D eigenvalue weighted by Gasteiger charge is 2.20. The van der Waals surface area contributed by atoms with Gasteiger partial charge in [-0.2, -0.15) is 4.98 Å². The molecule has 9 nitrogen and oxygen atoms in total.